The summed E-state index contributed by atoms with van der Waals surface area (Å²) in [6, 6.07) is 5.55. The van der Waals surface area contributed by atoms with E-state index in [2.05, 4.69) is 4.99 Å². The monoisotopic (exact) mass is 361 g/mol. The minimum absolute atomic E-state index is 0.208. The maximum Gasteiger partial charge on any atom is 0.168 e. The van der Waals surface area contributed by atoms with Gasteiger partial charge in [0.2, 0.25) is 0 Å². The Balaban J connectivity index is 1.51. The van der Waals surface area contributed by atoms with Gasteiger partial charge in [0.05, 0.1) is 45.0 Å². The molecule has 0 unspecified atom stereocenters. The first-order valence-corrected chi connectivity index (χ1v) is 9.02. The van der Waals surface area contributed by atoms with E-state index in [4.69, 9.17) is 23.7 Å². The third kappa shape index (κ3) is 4.56. The van der Waals surface area contributed by atoms with E-state index in [1.165, 1.54) is 0 Å². The third-order valence-corrected chi connectivity index (χ3v) is 4.76. The summed E-state index contributed by atoms with van der Waals surface area (Å²) < 4.78 is 28.0. The van der Waals surface area contributed by atoms with Crippen LogP contribution in [-0.4, -0.2) is 45.5 Å². The molecule has 6 nitrogen and oxygen atoms in total. The van der Waals surface area contributed by atoms with E-state index in [1.54, 1.807) is 20.4 Å². The van der Waals surface area contributed by atoms with Crippen molar-refractivity contribution in [3.63, 3.8) is 0 Å². The largest absolute Gasteiger partial charge is 0.495 e. The average Bonchev–Trinajstić information content (AvgIpc) is 3.12. The zero-order valence-corrected chi connectivity index (χ0v) is 15.7. The molecule has 0 aromatic heterocycles. The van der Waals surface area contributed by atoms with Crippen LogP contribution >= 0.6 is 0 Å². The summed E-state index contributed by atoms with van der Waals surface area (Å²) in [4.78, 5) is 4.42. The molecule has 0 N–H and O–H groups in total. The summed E-state index contributed by atoms with van der Waals surface area (Å²) in [5, 5.41) is 0. The molecule has 1 aliphatic heterocycles. The van der Waals surface area contributed by atoms with Gasteiger partial charge in [0, 0.05) is 25.1 Å². The highest BCUT2D eigenvalue weighted by atomic mass is 16.7. The van der Waals surface area contributed by atoms with Crippen molar-refractivity contribution in [2.75, 3.05) is 27.4 Å². The van der Waals surface area contributed by atoms with E-state index in [1.807, 2.05) is 31.2 Å². The molecule has 1 aliphatic carbocycles. The van der Waals surface area contributed by atoms with Crippen LogP contribution in [0.25, 0.3) is 0 Å². The second-order valence-corrected chi connectivity index (χ2v) is 6.52. The summed E-state index contributed by atoms with van der Waals surface area (Å²) in [5.74, 6) is 1.86. The van der Waals surface area contributed by atoms with Crippen molar-refractivity contribution >= 4 is 11.9 Å². The highest BCUT2D eigenvalue weighted by Crippen LogP contribution is 2.37. The molecule has 0 bridgehead atoms. The average molecular weight is 361 g/mol. The van der Waals surface area contributed by atoms with Gasteiger partial charge in [-0.2, -0.15) is 0 Å². The predicted octanol–water partition coefficient (Wildman–Crippen LogP) is 4.01. The van der Waals surface area contributed by atoms with Crippen LogP contribution in [0, 0.1) is 0 Å². The van der Waals surface area contributed by atoms with Gasteiger partial charge in [-0.15, -0.1) is 0 Å². The van der Waals surface area contributed by atoms with Gasteiger partial charge in [-0.3, -0.25) is 4.99 Å². The van der Waals surface area contributed by atoms with Crippen molar-refractivity contribution in [2.45, 2.75) is 44.5 Å². The van der Waals surface area contributed by atoms with Crippen LogP contribution in [0.4, 0.5) is 5.69 Å². The lowest BCUT2D eigenvalue weighted by molar-refractivity contribution is -0.189. The normalized spacial score (nSPS) is 20.7. The van der Waals surface area contributed by atoms with E-state index < -0.39 is 0 Å². The second-order valence-electron chi connectivity index (χ2n) is 6.52. The van der Waals surface area contributed by atoms with Gasteiger partial charge >= 0.3 is 0 Å². The lowest BCUT2D eigenvalue weighted by atomic mass is 9.92. The zero-order valence-electron chi connectivity index (χ0n) is 15.7. The second kappa shape index (κ2) is 8.56. The first-order valence-electron chi connectivity index (χ1n) is 9.02. The van der Waals surface area contributed by atoms with Crippen LogP contribution in [0.1, 0.15) is 32.6 Å². The Hall–Kier alpha value is -2.05. The Morgan fingerprint density at radius 1 is 1.12 bits per heavy atom. The predicted molar refractivity (Wildman–Crippen MR) is 99.4 cm³/mol. The van der Waals surface area contributed by atoms with E-state index >= 15 is 0 Å². The molecule has 1 saturated heterocycles. The number of hydrogen-bond acceptors (Lipinski definition) is 6. The van der Waals surface area contributed by atoms with Gasteiger partial charge in [-0.1, -0.05) is 0 Å². The van der Waals surface area contributed by atoms with Crippen molar-refractivity contribution in [3.05, 3.63) is 30.0 Å². The SMILES string of the molecule is COc1ccc(N=C/C=C(\C)OC2CCC3(CC2)OCCO3)cc1OC. The van der Waals surface area contributed by atoms with Gasteiger partial charge in [-0.05, 0) is 38.0 Å². The molecule has 142 valence electrons. The number of rotatable bonds is 6. The molecule has 26 heavy (non-hydrogen) atoms. The summed E-state index contributed by atoms with van der Waals surface area (Å²) in [6.07, 6.45) is 7.50. The molecule has 1 aromatic rings. The lowest BCUT2D eigenvalue weighted by Gasteiger charge is -2.35. The van der Waals surface area contributed by atoms with Gasteiger partial charge < -0.3 is 23.7 Å². The molecule has 1 heterocycles. The van der Waals surface area contributed by atoms with Gasteiger partial charge in [-0.25, -0.2) is 0 Å². The first-order chi connectivity index (χ1) is 12.6. The molecule has 2 aliphatic rings. The summed E-state index contributed by atoms with van der Waals surface area (Å²) in [5.41, 5.74) is 0.793. The highest BCUT2D eigenvalue weighted by Gasteiger charge is 2.40. The number of aliphatic imine (C=N–C) groups is 1. The summed E-state index contributed by atoms with van der Waals surface area (Å²) in [6.45, 7) is 3.36. The Bertz CT molecular complexity index is 654. The van der Waals surface area contributed by atoms with E-state index in [-0.39, 0.29) is 11.9 Å². The minimum atomic E-state index is -0.341. The molecule has 6 heteroatoms. The molecule has 1 spiro atoms. The lowest BCUT2D eigenvalue weighted by Crippen LogP contribution is -2.37. The maximum atomic E-state index is 6.03. The Labute approximate surface area is 154 Å². The van der Waals surface area contributed by atoms with Crippen LogP contribution < -0.4 is 9.47 Å². The molecule has 1 aromatic carbocycles. The van der Waals surface area contributed by atoms with E-state index in [9.17, 15) is 0 Å². The smallest absolute Gasteiger partial charge is 0.168 e. The number of allylic oxidation sites excluding steroid dienone is 2. The van der Waals surface area contributed by atoms with Crippen molar-refractivity contribution < 1.29 is 23.7 Å². The Morgan fingerprint density at radius 3 is 2.46 bits per heavy atom. The van der Waals surface area contributed by atoms with Crippen molar-refractivity contribution in [1.29, 1.82) is 0 Å². The van der Waals surface area contributed by atoms with Crippen LogP contribution in [0.2, 0.25) is 0 Å². The zero-order chi connectivity index (χ0) is 18.4. The standard InChI is InChI=1S/C20H27NO5/c1-15(26-17-6-9-20(10-7-17)24-12-13-25-20)8-11-21-16-4-5-18(22-2)19(14-16)23-3/h4-5,8,11,14,17H,6-7,9-10,12-13H2,1-3H3/b15-8+,21-11?. The quantitative estimate of drug-likeness (QED) is 0.566. The highest BCUT2D eigenvalue weighted by molar-refractivity contribution is 5.75. The van der Waals surface area contributed by atoms with Crippen molar-refractivity contribution in [1.82, 2.24) is 0 Å². The van der Waals surface area contributed by atoms with Crippen LogP contribution in [-0.2, 0) is 14.2 Å². The third-order valence-electron chi connectivity index (χ3n) is 4.76. The molecule has 0 amide bonds. The van der Waals surface area contributed by atoms with Crippen molar-refractivity contribution in [3.8, 4) is 11.5 Å². The topological polar surface area (TPSA) is 58.5 Å². The molecular formula is C20H27NO5. The molecular weight excluding hydrogens is 334 g/mol. The molecule has 0 atom stereocenters. The maximum absolute atomic E-state index is 6.03. The van der Waals surface area contributed by atoms with Gasteiger partial charge in [0.25, 0.3) is 0 Å². The number of ether oxygens (including phenoxy) is 5. The summed E-state index contributed by atoms with van der Waals surface area (Å²) >= 11 is 0. The fourth-order valence-electron chi connectivity index (χ4n) is 3.37. The van der Waals surface area contributed by atoms with Crippen molar-refractivity contribution in [2.24, 2.45) is 4.99 Å². The molecule has 1 saturated carbocycles. The number of methoxy groups -OCH3 is 2. The number of nitrogens with zero attached hydrogens (tertiary/aromatic N) is 1. The number of benzene rings is 1. The molecule has 2 fully saturated rings. The van der Waals surface area contributed by atoms with Gasteiger partial charge in [0.1, 0.15) is 0 Å². The van der Waals surface area contributed by atoms with E-state index in [0.29, 0.717) is 24.7 Å². The van der Waals surface area contributed by atoms with Crippen LogP contribution in [0.3, 0.4) is 0 Å². The molecule has 3 rings (SSSR count). The summed E-state index contributed by atoms with van der Waals surface area (Å²) in [7, 11) is 3.22. The minimum Gasteiger partial charge on any atom is -0.495 e. The fourth-order valence-corrected chi connectivity index (χ4v) is 3.37. The first kappa shape index (κ1) is 18.7. The fraction of sp³-hybridized carbons (Fsp3) is 0.550. The van der Waals surface area contributed by atoms with Gasteiger partial charge in [0.15, 0.2) is 17.3 Å². The molecule has 0 radical (unpaired) electrons. The van der Waals surface area contributed by atoms with Crippen LogP contribution in [0.5, 0.6) is 11.5 Å². The van der Waals surface area contributed by atoms with Crippen LogP contribution in [0.15, 0.2) is 35.0 Å². The Morgan fingerprint density at radius 2 is 1.81 bits per heavy atom. The number of hydrogen-bond donors (Lipinski definition) is 0. The van der Waals surface area contributed by atoms with E-state index in [0.717, 1.165) is 37.1 Å². The Kier molecular flexibility index (Phi) is 6.16.